The van der Waals surface area contributed by atoms with Crippen LogP contribution in [0.5, 0.6) is 0 Å². The molecule has 2 rings (SSSR count). The molecule has 0 heterocycles. The van der Waals surface area contributed by atoms with E-state index in [1.165, 1.54) is 25.7 Å². The number of amides is 1. The molecule has 2 nitrogen and oxygen atoms in total. The highest BCUT2D eigenvalue weighted by Gasteiger charge is 2.42. The smallest absolute Gasteiger partial charge is 0.223 e. The second kappa shape index (κ2) is 5.41. The van der Waals surface area contributed by atoms with E-state index in [1.807, 2.05) is 0 Å². The average molecular weight is 237 g/mol. The Kier molecular flexibility index (Phi) is 4.11. The number of hydrogen-bond donors (Lipinski definition) is 1. The van der Waals surface area contributed by atoms with E-state index in [4.69, 9.17) is 0 Å². The molecule has 2 aliphatic carbocycles. The summed E-state index contributed by atoms with van der Waals surface area (Å²) in [5, 5.41) is 3.27. The lowest BCUT2D eigenvalue weighted by Gasteiger charge is -2.29. The summed E-state index contributed by atoms with van der Waals surface area (Å²) in [6, 6.07) is 0.387. The molecule has 0 saturated heterocycles. The third kappa shape index (κ3) is 2.66. The lowest BCUT2D eigenvalue weighted by molar-refractivity contribution is -0.126. The minimum absolute atomic E-state index is 0.219. The van der Waals surface area contributed by atoms with Gasteiger partial charge in [0.05, 0.1) is 0 Å². The van der Waals surface area contributed by atoms with Gasteiger partial charge in [-0.25, -0.2) is 0 Å². The van der Waals surface area contributed by atoms with Gasteiger partial charge >= 0.3 is 0 Å². The van der Waals surface area contributed by atoms with Gasteiger partial charge in [0, 0.05) is 12.0 Å². The molecule has 2 fully saturated rings. The van der Waals surface area contributed by atoms with Gasteiger partial charge in [-0.1, -0.05) is 20.3 Å². The molecule has 1 N–H and O–H groups in total. The molecule has 2 bridgehead atoms. The van der Waals surface area contributed by atoms with Crippen LogP contribution in [0.15, 0.2) is 0 Å². The van der Waals surface area contributed by atoms with E-state index in [0.29, 0.717) is 6.04 Å². The number of carbonyl (C=O) groups is 1. The Labute approximate surface area is 106 Å². The van der Waals surface area contributed by atoms with E-state index in [9.17, 15) is 4.79 Å². The maximum atomic E-state index is 12.1. The van der Waals surface area contributed by atoms with Crippen molar-refractivity contribution in [2.75, 3.05) is 0 Å². The van der Waals surface area contributed by atoms with Crippen LogP contribution in [0.2, 0.25) is 0 Å². The summed E-state index contributed by atoms with van der Waals surface area (Å²) in [6.45, 7) is 6.43. The fourth-order valence-corrected chi connectivity index (χ4v) is 4.02. The summed E-state index contributed by atoms with van der Waals surface area (Å²) in [4.78, 5) is 12.1. The summed E-state index contributed by atoms with van der Waals surface area (Å²) >= 11 is 0. The molecule has 0 aromatic heterocycles. The van der Waals surface area contributed by atoms with E-state index in [2.05, 4.69) is 26.1 Å². The second-order valence-corrected chi connectivity index (χ2v) is 6.15. The van der Waals surface area contributed by atoms with E-state index >= 15 is 0 Å². The van der Waals surface area contributed by atoms with Crippen molar-refractivity contribution < 1.29 is 4.79 Å². The summed E-state index contributed by atoms with van der Waals surface area (Å²) in [5.41, 5.74) is 0. The molecule has 98 valence electrons. The number of carbonyl (C=O) groups excluding carboxylic acids is 1. The zero-order chi connectivity index (χ0) is 12.4. The summed E-state index contributed by atoms with van der Waals surface area (Å²) in [7, 11) is 0. The van der Waals surface area contributed by atoms with Crippen molar-refractivity contribution in [2.45, 2.75) is 65.3 Å². The quantitative estimate of drug-likeness (QED) is 0.780. The summed E-state index contributed by atoms with van der Waals surface area (Å²) < 4.78 is 0. The fourth-order valence-electron chi connectivity index (χ4n) is 4.02. The molecule has 2 aliphatic rings. The Morgan fingerprint density at radius 2 is 1.94 bits per heavy atom. The zero-order valence-corrected chi connectivity index (χ0v) is 11.5. The maximum absolute atomic E-state index is 12.1. The van der Waals surface area contributed by atoms with Gasteiger partial charge in [-0.15, -0.1) is 0 Å². The Bertz CT molecular complexity index is 272. The molecular weight excluding hydrogens is 210 g/mol. The van der Waals surface area contributed by atoms with Gasteiger partial charge in [0.15, 0.2) is 0 Å². The molecule has 2 heteroatoms. The van der Waals surface area contributed by atoms with E-state index in [0.717, 1.165) is 30.6 Å². The Morgan fingerprint density at radius 3 is 2.41 bits per heavy atom. The predicted octanol–water partition coefficient (Wildman–Crippen LogP) is 3.36. The Balaban J connectivity index is 1.84. The highest BCUT2D eigenvalue weighted by Crippen LogP contribution is 2.49. The van der Waals surface area contributed by atoms with Crippen molar-refractivity contribution in [3.05, 3.63) is 0 Å². The van der Waals surface area contributed by atoms with Crippen molar-refractivity contribution in [3.63, 3.8) is 0 Å². The first-order chi connectivity index (χ1) is 8.15. The average Bonchev–Trinajstić information content (AvgIpc) is 2.92. The first kappa shape index (κ1) is 12.9. The molecule has 0 radical (unpaired) electrons. The minimum Gasteiger partial charge on any atom is -0.353 e. The highest BCUT2D eigenvalue weighted by atomic mass is 16.1. The number of rotatable bonds is 5. The molecule has 0 aromatic carbocycles. The summed E-state index contributed by atoms with van der Waals surface area (Å²) in [5.74, 6) is 3.13. The van der Waals surface area contributed by atoms with Gasteiger partial charge in [0.25, 0.3) is 0 Å². The van der Waals surface area contributed by atoms with Crippen LogP contribution >= 0.6 is 0 Å². The molecule has 0 aliphatic heterocycles. The van der Waals surface area contributed by atoms with Gasteiger partial charge < -0.3 is 5.32 Å². The van der Waals surface area contributed by atoms with Crippen molar-refractivity contribution in [3.8, 4) is 0 Å². The number of hydrogen-bond acceptors (Lipinski definition) is 1. The van der Waals surface area contributed by atoms with Crippen LogP contribution in [0.25, 0.3) is 0 Å². The third-order valence-corrected chi connectivity index (χ3v) is 5.16. The van der Waals surface area contributed by atoms with E-state index in [-0.39, 0.29) is 11.8 Å². The lowest BCUT2D eigenvalue weighted by Crippen LogP contribution is -2.42. The van der Waals surface area contributed by atoms with Crippen LogP contribution in [-0.2, 0) is 4.79 Å². The number of fused-ring (bicyclic) bond motifs is 2. The summed E-state index contributed by atoms with van der Waals surface area (Å²) in [6.07, 6.45) is 7.55. The topological polar surface area (TPSA) is 29.1 Å². The Morgan fingerprint density at radius 1 is 1.24 bits per heavy atom. The van der Waals surface area contributed by atoms with Gasteiger partial charge in [-0.2, -0.15) is 0 Å². The fraction of sp³-hybridized carbons (Fsp3) is 0.933. The minimum atomic E-state index is 0.219. The normalized spacial score (nSPS) is 33.1. The van der Waals surface area contributed by atoms with E-state index in [1.54, 1.807) is 0 Å². The third-order valence-electron chi connectivity index (χ3n) is 5.16. The van der Waals surface area contributed by atoms with Crippen LogP contribution in [0.1, 0.15) is 59.3 Å². The largest absolute Gasteiger partial charge is 0.353 e. The highest BCUT2D eigenvalue weighted by molar-refractivity contribution is 5.78. The molecule has 2 saturated carbocycles. The van der Waals surface area contributed by atoms with Gasteiger partial charge in [-0.3, -0.25) is 4.79 Å². The predicted molar refractivity (Wildman–Crippen MR) is 70.6 cm³/mol. The first-order valence-corrected chi connectivity index (χ1v) is 7.46. The monoisotopic (exact) mass is 237 g/mol. The van der Waals surface area contributed by atoms with Crippen LogP contribution in [0.4, 0.5) is 0 Å². The van der Waals surface area contributed by atoms with Crippen molar-refractivity contribution >= 4 is 5.91 Å². The molecule has 0 unspecified atom stereocenters. The van der Waals surface area contributed by atoms with Crippen LogP contribution in [0.3, 0.4) is 0 Å². The van der Waals surface area contributed by atoms with Crippen molar-refractivity contribution in [2.24, 2.45) is 23.7 Å². The van der Waals surface area contributed by atoms with Crippen molar-refractivity contribution in [1.82, 2.24) is 5.32 Å². The van der Waals surface area contributed by atoms with Crippen LogP contribution < -0.4 is 5.32 Å². The van der Waals surface area contributed by atoms with Gasteiger partial charge in [-0.05, 0) is 56.8 Å². The number of nitrogens with one attached hydrogen (secondary N) is 1. The van der Waals surface area contributed by atoms with Crippen molar-refractivity contribution in [1.29, 1.82) is 0 Å². The Hall–Kier alpha value is -0.530. The molecule has 17 heavy (non-hydrogen) atoms. The standard InChI is InChI=1S/C15H27NO/c1-4-12(5-2)15(17)16-10(3)14-9-11-6-7-13(14)8-11/h10-14H,4-9H2,1-3H3,(H,16,17)/t10-,11+,13+,14+/m0/s1. The van der Waals surface area contributed by atoms with Crippen LogP contribution in [0, 0.1) is 23.7 Å². The maximum Gasteiger partial charge on any atom is 0.223 e. The molecule has 4 atom stereocenters. The van der Waals surface area contributed by atoms with E-state index < -0.39 is 0 Å². The molecule has 1 amide bonds. The molecule has 0 spiro atoms. The molecular formula is C15H27NO. The SMILES string of the molecule is CCC(CC)C(=O)N[C@@H](C)[C@H]1C[C@@H]2CC[C@@H]1C2. The van der Waals surface area contributed by atoms with Gasteiger partial charge in [0.2, 0.25) is 5.91 Å². The first-order valence-electron chi connectivity index (χ1n) is 7.46. The van der Waals surface area contributed by atoms with Crippen LogP contribution in [-0.4, -0.2) is 11.9 Å². The molecule has 0 aromatic rings. The zero-order valence-electron chi connectivity index (χ0n) is 11.5. The second-order valence-electron chi connectivity index (χ2n) is 6.15. The van der Waals surface area contributed by atoms with Gasteiger partial charge in [0.1, 0.15) is 0 Å². The lowest BCUT2D eigenvalue weighted by atomic mass is 9.83.